The van der Waals surface area contributed by atoms with E-state index in [0.717, 1.165) is 83.5 Å². The van der Waals surface area contributed by atoms with E-state index in [1.165, 1.54) is 0 Å². The van der Waals surface area contributed by atoms with Crippen molar-refractivity contribution in [3.8, 4) is 0 Å². The van der Waals surface area contributed by atoms with Crippen molar-refractivity contribution < 1.29 is 19.4 Å². The first-order valence-corrected chi connectivity index (χ1v) is 13.5. The van der Waals surface area contributed by atoms with Crippen LogP contribution in [0.4, 0.5) is 0 Å². The van der Waals surface area contributed by atoms with Gasteiger partial charge in [-0.15, -0.1) is 0 Å². The van der Waals surface area contributed by atoms with Crippen LogP contribution in [0.25, 0.3) is 0 Å². The zero-order chi connectivity index (χ0) is 24.4. The molecule has 0 heterocycles. The molecule has 3 unspecified atom stereocenters. The Morgan fingerprint density at radius 3 is 1.56 bits per heavy atom. The van der Waals surface area contributed by atoms with Gasteiger partial charge in [-0.25, -0.2) is 9.59 Å². The molecule has 0 rings (SSSR count). The van der Waals surface area contributed by atoms with Crippen LogP contribution >= 0.6 is 0 Å². The van der Waals surface area contributed by atoms with Crippen LogP contribution in [0.3, 0.4) is 0 Å². The monoisotopic (exact) mass is 452 g/mol. The van der Waals surface area contributed by atoms with Gasteiger partial charge in [0.25, 0.3) is 0 Å². The third-order valence-corrected chi connectivity index (χ3v) is 6.80. The molecule has 0 aromatic heterocycles. The molecule has 0 aromatic rings. The molecule has 0 bridgehead atoms. The van der Waals surface area contributed by atoms with Crippen LogP contribution in [-0.4, -0.2) is 23.1 Å². The predicted octanol–water partition coefficient (Wildman–Crippen LogP) is 8.48. The van der Waals surface area contributed by atoms with Crippen molar-refractivity contribution in [2.45, 2.75) is 144 Å². The first-order chi connectivity index (χ1) is 15.4. The topological polar surface area (TPSA) is 63.6 Å². The predicted molar refractivity (Wildman–Crippen MR) is 135 cm³/mol. The fourth-order valence-electron chi connectivity index (χ4n) is 4.32. The van der Waals surface area contributed by atoms with Crippen LogP contribution in [0.1, 0.15) is 138 Å². The molecule has 0 saturated carbocycles. The van der Waals surface area contributed by atoms with E-state index in [9.17, 15) is 14.7 Å². The number of rotatable bonds is 20. The lowest BCUT2D eigenvalue weighted by molar-refractivity contribution is -0.146. The Morgan fingerprint density at radius 1 is 0.656 bits per heavy atom. The van der Waals surface area contributed by atoms with Crippen molar-refractivity contribution in [1.29, 1.82) is 0 Å². The van der Waals surface area contributed by atoms with Crippen LogP contribution in [0.15, 0.2) is 11.1 Å². The first kappa shape index (κ1) is 30.7. The lowest BCUT2D eigenvalue weighted by Gasteiger charge is -2.23. The highest BCUT2D eigenvalue weighted by atomic mass is 16.5. The molecule has 0 aliphatic carbocycles. The summed E-state index contributed by atoms with van der Waals surface area (Å²) in [5.41, 5.74) is 0.737. The molecular formula is C28H52O4. The average Bonchev–Trinajstić information content (AvgIpc) is 2.79. The van der Waals surface area contributed by atoms with Crippen LogP contribution in [0, 0.1) is 11.8 Å². The Kier molecular flexibility index (Phi) is 18.4. The van der Waals surface area contributed by atoms with Gasteiger partial charge in [0.05, 0.1) is 0 Å². The van der Waals surface area contributed by atoms with Crippen LogP contribution in [0.5, 0.6) is 0 Å². The molecule has 0 aliphatic rings. The quantitative estimate of drug-likeness (QED) is 0.114. The van der Waals surface area contributed by atoms with Gasteiger partial charge in [-0.3, -0.25) is 0 Å². The Hall–Kier alpha value is -1.32. The van der Waals surface area contributed by atoms with Gasteiger partial charge in [-0.2, -0.15) is 0 Å². The molecule has 0 amide bonds. The molecule has 3 atom stereocenters. The number of hydrogen-bond donors (Lipinski definition) is 1. The maximum atomic E-state index is 13.4. The Labute approximate surface area is 198 Å². The van der Waals surface area contributed by atoms with Gasteiger partial charge in [0, 0.05) is 11.1 Å². The number of carbonyl (C=O) groups excluding carboxylic acids is 1. The van der Waals surface area contributed by atoms with Crippen molar-refractivity contribution >= 4 is 11.9 Å². The maximum absolute atomic E-state index is 13.4. The summed E-state index contributed by atoms with van der Waals surface area (Å²) >= 11 is 0. The van der Waals surface area contributed by atoms with Gasteiger partial charge in [0.15, 0.2) is 0 Å². The number of carbonyl (C=O) groups is 2. The van der Waals surface area contributed by atoms with Crippen molar-refractivity contribution in [3.63, 3.8) is 0 Å². The lowest BCUT2D eigenvalue weighted by atomic mass is 9.85. The molecule has 4 heteroatoms. The Balaban J connectivity index is 5.88. The largest absolute Gasteiger partial charge is 0.478 e. The molecule has 188 valence electrons. The fourth-order valence-corrected chi connectivity index (χ4v) is 4.32. The third-order valence-electron chi connectivity index (χ3n) is 6.80. The van der Waals surface area contributed by atoms with Crippen molar-refractivity contribution in [3.05, 3.63) is 11.1 Å². The standard InChI is InChI=1S/C28H52O4/c1-7-13-16-19-24(12-6)32-28(31)26(21-23(11-5)18-15-9-3)25(27(29)30)20-22(10-4)17-14-8-2/h22-24H,7-21H2,1-6H3,(H,29,30). The third kappa shape index (κ3) is 12.6. The summed E-state index contributed by atoms with van der Waals surface area (Å²) in [7, 11) is 0. The molecule has 0 radical (unpaired) electrons. The summed E-state index contributed by atoms with van der Waals surface area (Å²) < 4.78 is 5.93. The summed E-state index contributed by atoms with van der Waals surface area (Å²) in [5.74, 6) is -0.712. The zero-order valence-electron chi connectivity index (χ0n) is 22.0. The molecule has 0 fully saturated rings. The second-order valence-corrected chi connectivity index (χ2v) is 9.43. The van der Waals surface area contributed by atoms with E-state index in [4.69, 9.17) is 4.74 Å². The minimum Gasteiger partial charge on any atom is -0.478 e. The summed E-state index contributed by atoms with van der Waals surface area (Å²) in [5, 5.41) is 10.1. The Morgan fingerprint density at radius 2 is 1.16 bits per heavy atom. The highest BCUT2D eigenvalue weighted by Gasteiger charge is 2.27. The van der Waals surface area contributed by atoms with E-state index < -0.39 is 5.97 Å². The van der Waals surface area contributed by atoms with Crippen LogP contribution in [0.2, 0.25) is 0 Å². The van der Waals surface area contributed by atoms with E-state index >= 15 is 0 Å². The number of carboxylic acid groups (broad SMARTS) is 1. The molecule has 1 N–H and O–H groups in total. The number of esters is 1. The van der Waals surface area contributed by atoms with Gasteiger partial charge < -0.3 is 9.84 Å². The summed E-state index contributed by atoms with van der Waals surface area (Å²) in [6.07, 6.45) is 14.1. The molecule has 32 heavy (non-hydrogen) atoms. The molecule has 4 nitrogen and oxygen atoms in total. The molecule has 0 spiro atoms. The molecular weight excluding hydrogens is 400 g/mol. The van der Waals surface area contributed by atoms with E-state index in [-0.39, 0.29) is 12.1 Å². The van der Waals surface area contributed by atoms with E-state index in [1.54, 1.807) is 0 Å². The number of ether oxygens (including phenoxy) is 1. The lowest BCUT2D eigenvalue weighted by Crippen LogP contribution is -2.23. The normalized spacial score (nSPS) is 15.1. The van der Waals surface area contributed by atoms with Crippen LogP contribution in [-0.2, 0) is 14.3 Å². The number of aliphatic carboxylic acids is 1. The minimum atomic E-state index is -0.948. The minimum absolute atomic E-state index is 0.128. The number of carboxylic acids is 1. The van der Waals surface area contributed by atoms with E-state index in [2.05, 4.69) is 34.6 Å². The van der Waals surface area contributed by atoms with Gasteiger partial charge in [0.1, 0.15) is 6.10 Å². The summed E-state index contributed by atoms with van der Waals surface area (Å²) in [6.45, 7) is 12.8. The summed E-state index contributed by atoms with van der Waals surface area (Å²) in [4.78, 5) is 25.7. The number of unbranched alkanes of at least 4 members (excludes halogenated alkanes) is 4. The van der Waals surface area contributed by atoms with Gasteiger partial charge >= 0.3 is 11.9 Å². The van der Waals surface area contributed by atoms with Gasteiger partial charge in [-0.05, 0) is 43.9 Å². The number of hydrogen-bond acceptors (Lipinski definition) is 3. The second kappa shape index (κ2) is 19.2. The fraction of sp³-hybridized carbons (Fsp3) is 0.857. The van der Waals surface area contributed by atoms with E-state index in [0.29, 0.717) is 35.8 Å². The SMILES string of the molecule is CCCCCC(CC)OC(=O)C(CC(CC)CCCC)=C(CC(CC)CCCC)C(=O)O. The van der Waals surface area contributed by atoms with Gasteiger partial charge in [0.2, 0.25) is 0 Å². The molecule has 0 aromatic carbocycles. The van der Waals surface area contributed by atoms with Crippen molar-refractivity contribution in [2.75, 3.05) is 0 Å². The highest BCUT2D eigenvalue weighted by molar-refractivity contribution is 5.99. The second-order valence-electron chi connectivity index (χ2n) is 9.43. The zero-order valence-corrected chi connectivity index (χ0v) is 22.0. The average molecular weight is 453 g/mol. The highest BCUT2D eigenvalue weighted by Crippen LogP contribution is 2.30. The maximum Gasteiger partial charge on any atom is 0.334 e. The Bertz CT molecular complexity index is 538. The van der Waals surface area contributed by atoms with Crippen molar-refractivity contribution in [2.24, 2.45) is 11.8 Å². The summed E-state index contributed by atoms with van der Waals surface area (Å²) in [6, 6.07) is 0. The van der Waals surface area contributed by atoms with Gasteiger partial charge in [-0.1, -0.05) is 106 Å². The van der Waals surface area contributed by atoms with Crippen molar-refractivity contribution in [1.82, 2.24) is 0 Å². The van der Waals surface area contributed by atoms with E-state index in [1.807, 2.05) is 6.92 Å². The molecule has 0 saturated heterocycles. The smallest absolute Gasteiger partial charge is 0.334 e. The first-order valence-electron chi connectivity index (χ1n) is 13.5. The molecule has 0 aliphatic heterocycles. The van der Waals surface area contributed by atoms with Crippen LogP contribution < -0.4 is 0 Å².